The van der Waals surface area contributed by atoms with E-state index >= 15 is 0 Å². The van der Waals surface area contributed by atoms with Crippen LogP contribution in [0.25, 0.3) is 0 Å². The van der Waals surface area contributed by atoms with Crippen molar-refractivity contribution < 1.29 is 9.90 Å². The Morgan fingerprint density at radius 1 is 1.18 bits per heavy atom. The van der Waals surface area contributed by atoms with Gasteiger partial charge in [-0.2, -0.15) is 0 Å². The lowest BCUT2D eigenvalue weighted by atomic mass is 9.71. The van der Waals surface area contributed by atoms with E-state index < -0.39 is 11.1 Å². The van der Waals surface area contributed by atoms with Gasteiger partial charge in [0.15, 0.2) is 0 Å². The molecule has 0 spiro atoms. The number of rotatable bonds is 3. The van der Waals surface area contributed by atoms with Crippen molar-refractivity contribution in [2.24, 2.45) is 11.1 Å². The van der Waals surface area contributed by atoms with Crippen molar-refractivity contribution >= 4 is 5.91 Å². The molecule has 4 heteroatoms. The molecule has 0 aromatic heterocycles. The Bertz CT molecular complexity index is 311. The van der Waals surface area contributed by atoms with E-state index in [0.29, 0.717) is 12.0 Å². The van der Waals surface area contributed by atoms with Crippen LogP contribution < -0.4 is 11.1 Å². The molecule has 2 fully saturated rings. The molecular weight excluding hydrogens is 216 g/mol. The molecule has 0 aromatic rings. The van der Waals surface area contributed by atoms with Crippen molar-refractivity contribution in [3.05, 3.63) is 0 Å². The fourth-order valence-corrected chi connectivity index (χ4v) is 2.35. The Labute approximate surface area is 103 Å². The monoisotopic (exact) mass is 240 g/mol. The zero-order valence-electron chi connectivity index (χ0n) is 10.9. The average molecular weight is 240 g/mol. The summed E-state index contributed by atoms with van der Waals surface area (Å²) in [6.07, 6.45) is 5.07. The Hall–Kier alpha value is -0.610. The summed E-state index contributed by atoms with van der Waals surface area (Å²) < 4.78 is 0. The Morgan fingerprint density at radius 3 is 2.18 bits per heavy atom. The lowest BCUT2D eigenvalue weighted by molar-refractivity contribution is -0.125. The molecule has 0 unspecified atom stereocenters. The first-order chi connectivity index (χ1) is 7.75. The molecule has 2 aliphatic carbocycles. The molecule has 98 valence electrons. The third-order valence-electron chi connectivity index (χ3n) is 4.35. The third-order valence-corrected chi connectivity index (χ3v) is 4.35. The minimum atomic E-state index is -0.726. The van der Waals surface area contributed by atoms with Crippen molar-refractivity contribution in [2.75, 3.05) is 6.54 Å². The summed E-state index contributed by atoms with van der Waals surface area (Å²) in [7, 11) is 0. The summed E-state index contributed by atoms with van der Waals surface area (Å²) in [5, 5.41) is 13.2. The topological polar surface area (TPSA) is 75.3 Å². The molecule has 17 heavy (non-hydrogen) atoms. The van der Waals surface area contributed by atoms with Crippen LogP contribution in [0, 0.1) is 5.41 Å². The highest BCUT2D eigenvalue weighted by molar-refractivity contribution is 5.89. The van der Waals surface area contributed by atoms with Crippen LogP contribution in [-0.2, 0) is 4.79 Å². The molecule has 4 nitrogen and oxygen atoms in total. The van der Waals surface area contributed by atoms with Gasteiger partial charge < -0.3 is 16.2 Å². The minimum Gasteiger partial charge on any atom is -0.388 e. The molecule has 0 aromatic carbocycles. The van der Waals surface area contributed by atoms with Gasteiger partial charge in [-0.05, 0) is 43.9 Å². The van der Waals surface area contributed by atoms with Gasteiger partial charge in [-0.15, -0.1) is 0 Å². The Kier molecular flexibility index (Phi) is 2.99. The average Bonchev–Trinajstić information content (AvgIpc) is 3.00. The van der Waals surface area contributed by atoms with Gasteiger partial charge in [-0.3, -0.25) is 4.79 Å². The van der Waals surface area contributed by atoms with Gasteiger partial charge in [-0.1, -0.05) is 13.8 Å². The molecule has 2 rings (SSSR count). The van der Waals surface area contributed by atoms with Crippen molar-refractivity contribution in [1.82, 2.24) is 5.32 Å². The van der Waals surface area contributed by atoms with Crippen molar-refractivity contribution in [2.45, 2.75) is 63.5 Å². The highest BCUT2D eigenvalue weighted by atomic mass is 16.3. The largest absolute Gasteiger partial charge is 0.388 e. The molecule has 4 N–H and O–H groups in total. The highest BCUT2D eigenvalue weighted by Crippen LogP contribution is 2.40. The lowest BCUT2D eigenvalue weighted by Crippen LogP contribution is -2.51. The van der Waals surface area contributed by atoms with Crippen LogP contribution in [0.15, 0.2) is 0 Å². The summed E-state index contributed by atoms with van der Waals surface area (Å²) in [5.41, 5.74) is 4.76. The smallest absolute Gasteiger partial charge is 0.240 e. The number of hydrogen-bond acceptors (Lipinski definition) is 3. The van der Waals surface area contributed by atoms with E-state index in [9.17, 15) is 9.90 Å². The van der Waals surface area contributed by atoms with E-state index in [1.165, 1.54) is 0 Å². The quantitative estimate of drug-likeness (QED) is 0.687. The Morgan fingerprint density at radius 2 is 1.71 bits per heavy atom. The van der Waals surface area contributed by atoms with Crippen LogP contribution in [0.5, 0.6) is 0 Å². The summed E-state index contributed by atoms with van der Waals surface area (Å²) in [6, 6.07) is 0. The molecule has 0 aliphatic heterocycles. The SMILES string of the molecule is CC1(C)CCC(O)(CNC(=O)C2(N)CC2)CC1. The zero-order chi connectivity index (χ0) is 12.7. The molecule has 0 heterocycles. The molecule has 1 amide bonds. The predicted molar refractivity (Wildman–Crippen MR) is 66.4 cm³/mol. The zero-order valence-corrected chi connectivity index (χ0v) is 10.9. The van der Waals surface area contributed by atoms with Crippen molar-refractivity contribution in [3.63, 3.8) is 0 Å². The second kappa shape index (κ2) is 3.95. The molecule has 0 atom stereocenters. The van der Waals surface area contributed by atoms with Gasteiger partial charge in [0.25, 0.3) is 0 Å². The van der Waals surface area contributed by atoms with Crippen LogP contribution in [0.2, 0.25) is 0 Å². The van der Waals surface area contributed by atoms with Crippen LogP contribution >= 0.6 is 0 Å². The van der Waals surface area contributed by atoms with Gasteiger partial charge in [0, 0.05) is 6.54 Å². The number of hydrogen-bond donors (Lipinski definition) is 3. The van der Waals surface area contributed by atoms with Crippen LogP contribution in [0.3, 0.4) is 0 Å². The van der Waals surface area contributed by atoms with E-state index in [2.05, 4.69) is 19.2 Å². The molecule has 0 saturated heterocycles. The molecule has 2 saturated carbocycles. The maximum atomic E-state index is 11.7. The van der Waals surface area contributed by atoms with Gasteiger partial charge in [0.2, 0.25) is 5.91 Å². The minimum absolute atomic E-state index is 0.101. The second-order valence-electron chi connectivity index (χ2n) is 6.73. The first kappa shape index (κ1) is 12.8. The lowest BCUT2D eigenvalue weighted by Gasteiger charge is -2.40. The summed E-state index contributed by atoms with van der Waals surface area (Å²) in [5.74, 6) is -0.101. The number of aliphatic hydroxyl groups is 1. The predicted octanol–water partition coefficient (Wildman–Crippen LogP) is 0.925. The molecule has 2 aliphatic rings. The maximum Gasteiger partial charge on any atom is 0.240 e. The normalized spacial score (nSPS) is 28.5. The van der Waals surface area contributed by atoms with E-state index in [0.717, 1.165) is 38.5 Å². The second-order valence-corrected chi connectivity index (χ2v) is 6.73. The van der Waals surface area contributed by atoms with E-state index in [1.54, 1.807) is 0 Å². The van der Waals surface area contributed by atoms with Gasteiger partial charge in [-0.25, -0.2) is 0 Å². The maximum absolute atomic E-state index is 11.7. The van der Waals surface area contributed by atoms with Gasteiger partial charge in [0.05, 0.1) is 11.1 Å². The Balaban J connectivity index is 1.81. The van der Waals surface area contributed by atoms with Crippen LogP contribution in [0.4, 0.5) is 0 Å². The van der Waals surface area contributed by atoms with E-state index in [-0.39, 0.29) is 5.91 Å². The van der Waals surface area contributed by atoms with E-state index in [4.69, 9.17) is 5.73 Å². The summed E-state index contributed by atoms with van der Waals surface area (Å²) in [4.78, 5) is 11.7. The molecular formula is C13H24N2O2. The number of amides is 1. The van der Waals surface area contributed by atoms with Crippen molar-refractivity contribution in [1.29, 1.82) is 0 Å². The number of nitrogens with one attached hydrogen (secondary N) is 1. The highest BCUT2D eigenvalue weighted by Gasteiger charge is 2.46. The first-order valence-corrected chi connectivity index (χ1v) is 6.54. The molecule has 0 radical (unpaired) electrons. The number of nitrogens with two attached hydrogens (primary N) is 1. The number of carbonyl (C=O) groups is 1. The summed E-state index contributed by atoms with van der Waals surface area (Å²) >= 11 is 0. The first-order valence-electron chi connectivity index (χ1n) is 6.54. The fourth-order valence-electron chi connectivity index (χ4n) is 2.35. The van der Waals surface area contributed by atoms with Crippen LogP contribution in [0.1, 0.15) is 52.4 Å². The third kappa shape index (κ3) is 2.99. The number of carbonyl (C=O) groups excluding carboxylic acids is 1. The van der Waals surface area contributed by atoms with Crippen molar-refractivity contribution in [3.8, 4) is 0 Å². The summed E-state index contributed by atoms with van der Waals surface area (Å²) in [6.45, 7) is 4.80. The van der Waals surface area contributed by atoms with Gasteiger partial charge >= 0.3 is 0 Å². The standard InChI is InChI=1S/C13H24N2O2/c1-11(2)3-5-12(17,6-4-11)9-15-10(16)13(14)7-8-13/h17H,3-9,14H2,1-2H3,(H,15,16). The van der Waals surface area contributed by atoms with Crippen LogP contribution in [-0.4, -0.2) is 28.7 Å². The fraction of sp³-hybridized carbons (Fsp3) is 0.923. The molecule has 0 bridgehead atoms. The van der Waals surface area contributed by atoms with E-state index in [1.807, 2.05) is 0 Å². The van der Waals surface area contributed by atoms with Gasteiger partial charge in [0.1, 0.15) is 0 Å².